The number of ketones is 1. The lowest BCUT2D eigenvalue weighted by Crippen LogP contribution is -2.36. The van der Waals surface area contributed by atoms with E-state index >= 15 is 0 Å². The van der Waals surface area contributed by atoms with Crippen molar-refractivity contribution in [2.24, 2.45) is 0 Å². The summed E-state index contributed by atoms with van der Waals surface area (Å²) in [5.74, 6) is -0.488. The third kappa shape index (κ3) is 3.67. The molecule has 18 heavy (non-hydrogen) atoms. The minimum Gasteiger partial charge on any atom is -0.469 e. The number of carbonyl (C=O) groups excluding carboxylic acids is 2. The number of Topliss-reactive ketones (excluding diaryl/α,β-unsaturated/α-hetero) is 1. The molecule has 0 amide bonds. The van der Waals surface area contributed by atoms with E-state index in [0.717, 1.165) is 6.42 Å². The smallest absolute Gasteiger partial charge is 0.307 e. The lowest BCUT2D eigenvalue weighted by atomic mass is 10.00. The highest BCUT2D eigenvalue weighted by molar-refractivity contribution is 6.01. The van der Waals surface area contributed by atoms with Gasteiger partial charge in [-0.2, -0.15) is 0 Å². The van der Waals surface area contributed by atoms with Crippen LogP contribution in [0.3, 0.4) is 0 Å². The van der Waals surface area contributed by atoms with Gasteiger partial charge in [0.15, 0.2) is 5.78 Å². The van der Waals surface area contributed by atoms with E-state index in [1.54, 1.807) is 19.2 Å². The van der Waals surface area contributed by atoms with Gasteiger partial charge in [-0.3, -0.25) is 9.59 Å². The quantitative estimate of drug-likeness (QED) is 0.614. The maximum Gasteiger partial charge on any atom is 0.307 e. The van der Waals surface area contributed by atoms with Gasteiger partial charge in [0.2, 0.25) is 0 Å². The van der Waals surface area contributed by atoms with E-state index < -0.39 is 12.0 Å². The molecule has 4 nitrogen and oxygen atoms in total. The fourth-order valence-corrected chi connectivity index (χ4v) is 1.68. The normalized spacial score (nSPS) is 11.9. The van der Waals surface area contributed by atoms with Gasteiger partial charge in [0.05, 0.1) is 19.6 Å². The topological polar surface area (TPSA) is 55.4 Å². The molecule has 1 atom stereocenters. The van der Waals surface area contributed by atoms with Crippen molar-refractivity contribution in [2.75, 3.05) is 14.2 Å². The zero-order chi connectivity index (χ0) is 13.5. The molecule has 1 aromatic carbocycles. The van der Waals surface area contributed by atoms with Gasteiger partial charge in [-0.25, -0.2) is 0 Å². The molecule has 4 heteroatoms. The lowest BCUT2D eigenvalue weighted by molar-refractivity contribution is -0.140. The molecule has 1 unspecified atom stereocenters. The van der Waals surface area contributed by atoms with Crippen molar-refractivity contribution in [3.63, 3.8) is 0 Å². The third-order valence-electron chi connectivity index (χ3n) is 2.91. The van der Waals surface area contributed by atoms with E-state index in [1.807, 2.05) is 12.1 Å². The van der Waals surface area contributed by atoms with Crippen molar-refractivity contribution in [2.45, 2.75) is 25.8 Å². The van der Waals surface area contributed by atoms with Gasteiger partial charge in [0.1, 0.15) is 0 Å². The molecule has 1 N–H and O–H groups in total. The fraction of sp³-hybridized carbons (Fsp3) is 0.429. The second-order valence-electron chi connectivity index (χ2n) is 4.04. The van der Waals surface area contributed by atoms with Crippen LogP contribution >= 0.6 is 0 Å². The third-order valence-corrected chi connectivity index (χ3v) is 2.91. The Morgan fingerprint density at radius 3 is 2.33 bits per heavy atom. The van der Waals surface area contributed by atoms with Crippen LogP contribution in [0.5, 0.6) is 0 Å². The Morgan fingerprint density at radius 1 is 1.28 bits per heavy atom. The zero-order valence-corrected chi connectivity index (χ0v) is 11.0. The number of likely N-dealkylation sites (N-methyl/N-ethyl adjacent to an activating group) is 1. The van der Waals surface area contributed by atoms with Crippen molar-refractivity contribution in [1.82, 2.24) is 5.32 Å². The number of methoxy groups -OCH3 is 1. The summed E-state index contributed by atoms with van der Waals surface area (Å²) in [6, 6.07) is 6.91. The molecule has 0 saturated heterocycles. The largest absolute Gasteiger partial charge is 0.469 e. The molecule has 0 heterocycles. The summed E-state index contributed by atoms with van der Waals surface area (Å²) in [6.45, 7) is 2.06. The number of ether oxygens (including phenoxy) is 1. The van der Waals surface area contributed by atoms with Gasteiger partial charge < -0.3 is 10.1 Å². The van der Waals surface area contributed by atoms with Crippen LogP contribution in [0.25, 0.3) is 0 Å². The van der Waals surface area contributed by atoms with Crippen molar-refractivity contribution >= 4 is 11.8 Å². The number of benzene rings is 1. The van der Waals surface area contributed by atoms with E-state index in [9.17, 15) is 9.59 Å². The molecule has 0 aliphatic heterocycles. The zero-order valence-electron chi connectivity index (χ0n) is 11.0. The molecule has 0 radical (unpaired) electrons. The number of hydrogen-bond donors (Lipinski definition) is 1. The summed E-state index contributed by atoms with van der Waals surface area (Å²) in [5, 5.41) is 2.84. The van der Waals surface area contributed by atoms with Crippen molar-refractivity contribution in [1.29, 1.82) is 0 Å². The molecule has 0 aliphatic carbocycles. The Hall–Kier alpha value is -1.68. The Bertz CT molecular complexity index is 412. The van der Waals surface area contributed by atoms with Crippen LogP contribution in [0.4, 0.5) is 0 Å². The second kappa shape index (κ2) is 6.91. The van der Waals surface area contributed by atoms with Gasteiger partial charge in [0.25, 0.3) is 0 Å². The summed E-state index contributed by atoms with van der Waals surface area (Å²) in [4.78, 5) is 23.4. The summed E-state index contributed by atoms with van der Waals surface area (Å²) in [5.41, 5.74) is 1.79. The molecule has 98 valence electrons. The highest BCUT2D eigenvalue weighted by Gasteiger charge is 2.21. The molecule has 0 fully saturated rings. The van der Waals surface area contributed by atoms with Crippen LogP contribution in [-0.2, 0) is 16.0 Å². The minimum atomic E-state index is -0.537. The summed E-state index contributed by atoms with van der Waals surface area (Å²) >= 11 is 0. The molecule has 0 aromatic heterocycles. The van der Waals surface area contributed by atoms with Crippen LogP contribution in [0.15, 0.2) is 24.3 Å². The first-order valence-corrected chi connectivity index (χ1v) is 5.99. The average molecular weight is 249 g/mol. The van der Waals surface area contributed by atoms with Crippen LogP contribution in [0.1, 0.15) is 29.3 Å². The van der Waals surface area contributed by atoms with Gasteiger partial charge >= 0.3 is 5.97 Å². The first kappa shape index (κ1) is 14.4. The molecule has 0 aliphatic rings. The summed E-state index contributed by atoms with van der Waals surface area (Å²) in [7, 11) is 2.97. The van der Waals surface area contributed by atoms with E-state index in [-0.39, 0.29) is 12.2 Å². The van der Waals surface area contributed by atoms with Crippen LogP contribution in [0.2, 0.25) is 0 Å². The van der Waals surface area contributed by atoms with Crippen molar-refractivity contribution in [3.05, 3.63) is 35.4 Å². The van der Waals surface area contributed by atoms with E-state index in [2.05, 4.69) is 17.0 Å². The Kier molecular flexibility index (Phi) is 5.52. The van der Waals surface area contributed by atoms with Crippen LogP contribution in [-0.4, -0.2) is 32.0 Å². The Labute approximate surface area is 107 Å². The number of nitrogens with one attached hydrogen (secondary N) is 1. The molecular weight excluding hydrogens is 230 g/mol. The number of hydrogen-bond acceptors (Lipinski definition) is 4. The van der Waals surface area contributed by atoms with Crippen LogP contribution in [0, 0.1) is 0 Å². The van der Waals surface area contributed by atoms with E-state index in [0.29, 0.717) is 5.56 Å². The minimum absolute atomic E-state index is 0.0430. The fourth-order valence-electron chi connectivity index (χ4n) is 1.68. The summed E-state index contributed by atoms with van der Waals surface area (Å²) < 4.78 is 4.57. The molecule has 1 aromatic rings. The van der Waals surface area contributed by atoms with Crippen molar-refractivity contribution < 1.29 is 14.3 Å². The maximum absolute atomic E-state index is 12.2. The molecular formula is C14H19NO3. The SMILES string of the molecule is CCc1ccc(C(=O)C(CC(=O)OC)NC)cc1. The standard InChI is InChI=1S/C14H19NO3/c1-4-10-5-7-11(8-6-10)14(17)12(15-2)9-13(16)18-3/h5-8,12,15H,4,9H2,1-3H3. The maximum atomic E-state index is 12.2. The lowest BCUT2D eigenvalue weighted by Gasteiger charge is -2.13. The Balaban J connectivity index is 2.79. The van der Waals surface area contributed by atoms with Gasteiger partial charge in [-0.1, -0.05) is 31.2 Å². The van der Waals surface area contributed by atoms with Crippen molar-refractivity contribution in [3.8, 4) is 0 Å². The highest BCUT2D eigenvalue weighted by Crippen LogP contribution is 2.09. The first-order chi connectivity index (χ1) is 8.62. The molecule has 0 bridgehead atoms. The monoisotopic (exact) mass is 249 g/mol. The number of carbonyl (C=O) groups is 2. The number of esters is 1. The van der Waals surface area contributed by atoms with E-state index in [4.69, 9.17) is 0 Å². The van der Waals surface area contributed by atoms with Crippen LogP contribution < -0.4 is 5.32 Å². The second-order valence-corrected chi connectivity index (χ2v) is 4.04. The Morgan fingerprint density at radius 2 is 1.89 bits per heavy atom. The molecule has 1 rings (SSSR count). The van der Waals surface area contributed by atoms with E-state index in [1.165, 1.54) is 12.7 Å². The number of aryl methyl sites for hydroxylation is 1. The summed E-state index contributed by atoms with van der Waals surface area (Å²) in [6.07, 6.45) is 0.980. The predicted octanol–water partition coefficient (Wildman–Crippen LogP) is 1.58. The number of rotatable bonds is 6. The van der Waals surface area contributed by atoms with Gasteiger partial charge in [-0.05, 0) is 19.0 Å². The first-order valence-electron chi connectivity index (χ1n) is 5.99. The van der Waals surface area contributed by atoms with Gasteiger partial charge in [-0.15, -0.1) is 0 Å². The highest BCUT2D eigenvalue weighted by atomic mass is 16.5. The predicted molar refractivity (Wildman–Crippen MR) is 69.6 cm³/mol. The van der Waals surface area contributed by atoms with Gasteiger partial charge in [0, 0.05) is 5.56 Å². The average Bonchev–Trinajstić information content (AvgIpc) is 2.43. The molecule has 0 saturated carbocycles. The molecule has 0 spiro atoms.